The van der Waals surface area contributed by atoms with E-state index in [-0.39, 0.29) is 5.91 Å². The Labute approximate surface area is 163 Å². The van der Waals surface area contributed by atoms with Crippen LogP contribution in [0, 0.1) is 0 Å². The lowest BCUT2D eigenvalue weighted by Crippen LogP contribution is -2.45. The highest BCUT2D eigenvalue weighted by Crippen LogP contribution is 2.33. The second kappa shape index (κ2) is 7.84. The van der Waals surface area contributed by atoms with E-state index in [9.17, 15) is 4.79 Å². The van der Waals surface area contributed by atoms with Crippen molar-refractivity contribution >= 4 is 23.2 Å². The van der Waals surface area contributed by atoms with Gasteiger partial charge in [0.25, 0.3) is 5.91 Å². The van der Waals surface area contributed by atoms with Gasteiger partial charge in [0, 0.05) is 43.7 Å². The van der Waals surface area contributed by atoms with Crippen LogP contribution >= 0.6 is 11.6 Å². The molecule has 1 amide bonds. The Balaban J connectivity index is 1.39. The van der Waals surface area contributed by atoms with E-state index >= 15 is 0 Å². The maximum absolute atomic E-state index is 12.5. The summed E-state index contributed by atoms with van der Waals surface area (Å²) < 4.78 is 11.5. The van der Waals surface area contributed by atoms with Gasteiger partial charge in [0.15, 0.2) is 5.79 Å². The van der Waals surface area contributed by atoms with E-state index in [0.29, 0.717) is 30.3 Å². The third-order valence-electron chi connectivity index (χ3n) is 5.09. The Hall–Kier alpha value is -2.15. The topological polar surface area (TPSA) is 63.7 Å². The van der Waals surface area contributed by atoms with Crippen molar-refractivity contribution in [2.24, 2.45) is 0 Å². The molecule has 2 fully saturated rings. The highest BCUT2D eigenvalue weighted by Gasteiger charge is 2.39. The summed E-state index contributed by atoms with van der Waals surface area (Å²) in [6.45, 7) is 3.34. The van der Waals surface area contributed by atoms with Crippen molar-refractivity contribution < 1.29 is 14.3 Å². The van der Waals surface area contributed by atoms with Crippen LogP contribution in [0.15, 0.2) is 42.7 Å². The monoisotopic (exact) mass is 387 g/mol. The van der Waals surface area contributed by atoms with Crippen LogP contribution in [0.3, 0.4) is 0 Å². The van der Waals surface area contributed by atoms with Gasteiger partial charge in [-0.2, -0.15) is 0 Å². The first kappa shape index (κ1) is 18.2. The minimum atomic E-state index is -0.409. The molecule has 1 N–H and O–H groups in total. The smallest absolute Gasteiger partial charge is 0.253 e. The number of nitrogens with zero attached hydrogens (tertiary/aromatic N) is 2. The Morgan fingerprint density at radius 1 is 1.19 bits per heavy atom. The number of carbonyl (C=O) groups excluding carboxylic acids is 1. The number of aromatic nitrogens is 1. The number of carbonyl (C=O) groups is 1. The predicted molar refractivity (Wildman–Crippen MR) is 103 cm³/mol. The first-order chi connectivity index (χ1) is 13.2. The summed E-state index contributed by atoms with van der Waals surface area (Å²) >= 11 is 6.14. The second-order valence-electron chi connectivity index (χ2n) is 6.80. The second-order valence-corrected chi connectivity index (χ2v) is 7.21. The SMILES string of the molecule is O=C(NCc1ccccc1Cl)c1cncc(N2CCC3(CC2)OCCO3)c1. The zero-order valence-corrected chi connectivity index (χ0v) is 15.7. The molecular weight excluding hydrogens is 366 g/mol. The van der Waals surface area contributed by atoms with Crippen LogP contribution in [0.5, 0.6) is 0 Å². The van der Waals surface area contributed by atoms with Crippen molar-refractivity contribution in [3.8, 4) is 0 Å². The number of rotatable bonds is 4. The highest BCUT2D eigenvalue weighted by atomic mass is 35.5. The van der Waals surface area contributed by atoms with Gasteiger partial charge in [-0.25, -0.2) is 0 Å². The lowest BCUT2D eigenvalue weighted by atomic mass is 10.0. The van der Waals surface area contributed by atoms with Crippen LogP contribution in [-0.4, -0.2) is 43.0 Å². The van der Waals surface area contributed by atoms with Crippen LogP contribution < -0.4 is 10.2 Å². The van der Waals surface area contributed by atoms with Crippen LogP contribution in [0.25, 0.3) is 0 Å². The fourth-order valence-corrected chi connectivity index (χ4v) is 3.74. The molecule has 4 rings (SSSR count). The maximum atomic E-state index is 12.5. The van der Waals surface area contributed by atoms with E-state index in [1.165, 1.54) is 0 Å². The van der Waals surface area contributed by atoms with Gasteiger partial charge in [0.05, 0.1) is 30.7 Å². The Morgan fingerprint density at radius 2 is 1.93 bits per heavy atom. The molecule has 3 heterocycles. The summed E-state index contributed by atoms with van der Waals surface area (Å²) in [5.41, 5.74) is 2.36. The molecule has 2 saturated heterocycles. The van der Waals surface area contributed by atoms with Crippen molar-refractivity contribution in [3.63, 3.8) is 0 Å². The molecule has 7 heteroatoms. The van der Waals surface area contributed by atoms with E-state index in [1.807, 2.05) is 30.3 Å². The molecule has 0 aliphatic carbocycles. The molecule has 1 aromatic carbocycles. The molecule has 2 aliphatic rings. The molecule has 1 aromatic heterocycles. The minimum Gasteiger partial charge on any atom is -0.370 e. The standard InChI is InChI=1S/C20H22ClN3O3/c21-18-4-2-1-3-15(18)13-23-19(25)16-11-17(14-22-12-16)24-7-5-20(6-8-24)26-9-10-27-20/h1-4,11-12,14H,5-10,13H2,(H,23,25). The van der Waals surface area contributed by atoms with Gasteiger partial charge < -0.3 is 19.7 Å². The molecule has 1 spiro atoms. The third-order valence-corrected chi connectivity index (χ3v) is 5.46. The zero-order valence-electron chi connectivity index (χ0n) is 15.0. The molecule has 0 saturated carbocycles. The van der Waals surface area contributed by atoms with Gasteiger partial charge in [0.2, 0.25) is 0 Å². The number of hydrogen-bond donors (Lipinski definition) is 1. The van der Waals surface area contributed by atoms with E-state index in [4.69, 9.17) is 21.1 Å². The number of anilines is 1. The van der Waals surface area contributed by atoms with E-state index in [0.717, 1.165) is 37.2 Å². The fourth-order valence-electron chi connectivity index (χ4n) is 3.54. The van der Waals surface area contributed by atoms with Crippen LogP contribution in [0.1, 0.15) is 28.8 Å². The Morgan fingerprint density at radius 3 is 2.67 bits per heavy atom. The van der Waals surface area contributed by atoms with Gasteiger partial charge in [0.1, 0.15) is 0 Å². The van der Waals surface area contributed by atoms with Crippen molar-refractivity contribution in [2.75, 3.05) is 31.2 Å². The van der Waals surface area contributed by atoms with Gasteiger partial charge in [-0.05, 0) is 17.7 Å². The van der Waals surface area contributed by atoms with Gasteiger partial charge in [-0.15, -0.1) is 0 Å². The van der Waals surface area contributed by atoms with Gasteiger partial charge >= 0.3 is 0 Å². The Bertz CT molecular complexity index is 814. The first-order valence-electron chi connectivity index (χ1n) is 9.15. The van der Waals surface area contributed by atoms with Crippen molar-refractivity contribution in [3.05, 3.63) is 58.9 Å². The molecule has 0 atom stereocenters. The number of piperidine rings is 1. The van der Waals surface area contributed by atoms with Crippen molar-refractivity contribution in [1.29, 1.82) is 0 Å². The normalized spacial score (nSPS) is 18.6. The van der Waals surface area contributed by atoms with Crippen LogP contribution in [-0.2, 0) is 16.0 Å². The van der Waals surface area contributed by atoms with Crippen LogP contribution in [0.4, 0.5) is 5.69 Å². The number of amides is 1. The van der Waals surface area contributed by atoms with E-state index in [2.05, 4.69) is 15.2 Å². The van der Waals surface area contributed by atoms with Gasteiger partial charge in [-0.3, -0.25) is 9.78 Å². The molecule has 142 valence electrons. The summed E-state index contributed by atoms with van der Waals surface area (Å²) in [6.07, 6.45) is 5.01. The Kier molecular flexibility index (Phi) is 5.29. The number of pyridine rings is 1. The summed E-state index contributed by atoms with van der Waals surface area (Å²) in [6, 6.07) is 9.35. The number of nitrogens with one attached hydrogen (secondary N) is 1. The fraction of sp³-hybridized carbons (Fsp3) is 0.400. The third kappa shape index (κ3) is 4.08. The summed E-state index contributed by atoms with van der Waals surface area (Å²) in [5, 5.41) is 3.55. The number of hydrogen-bond acceptors (Lipinski definition) is 5. The zero-order chi connectivity index (χ0) is 18.7. The quantitative estimate of drug-likeness (QED) is 0.873. The number of benzene rings is 1. The summed E-state index contributed by atoms with van der Waals surface area (Å²) in [4.78, 5) is 19.0. The van der Waals surface area contributed by atoms with Gasteiger partial charge in [-0.1, -0.05) is 29.8 Å². The molecular formula is C20H22ClN3O3. The highest BCUT2D eigenvalue weighted by molar-refractivity contribution is 6.31. The van der Waals surface area contributed by atoms with E-state index in [1.54, 1.807) is 12.4 Å². The van der Waals surface area contributed by atoms with E-state index < -0.39 is 5.79 Å². The summed E-state index contributed by atoms with van der Waals surface area (Å²) in [5.74, 6) is -0.575. The predicted octanol–water partition coefficient (Wildman–Crippen LogP) is 3.01. The molecule has 6 nitrogen and oxygen atoms in total. The lowest BCUT2D eigenvalue weighted by Gasteiger charge is -2.38. The average Bonchev–Trinajstić information content (AvgIpc) is 3.16. The summed E-state index contributed by atoms with van der Waals surface area (Å²) in [7, 11) is 0. The van der Waals surface area contributed by atoms with Crippen molar-refractivity contribution in [2.45, 2.75) is 25.2 Å². The van der Waals surface area contributed by atoms with Crippen molar-refractivity contribution in [1.82, 2.24) is 10.3 Å². The number of ether oxygens (including phenoxy) is 2. The molecule has 27 heavy (non-hydrogen) atoms. The molecule has 2 aliphatic heterocycles. The molecule has 0 bridgehead atoms. The average molecular weight is 388 g/mol. The number of halogens is 1. The molecule has 0 radical (unpaired) electrons. The van der Waals surface area contributed by atoms with Crippen LogP contribution in [0.2, 0.25) is 5.02 Å². The maximum Gasteiger partial charge on any atom is 0.253 e. The molecule has 0 unspecified atom stereocenters. The lowest BCUT2D eigenvalue weighted by molar-refractivity contribution is -0.169. The first-order valence-corrected chi connectivity index (χ1v) is 9.53. The largest absolute Gasteiger partial charge is 0.370 e. The molecule has 2 aromatic rings. The minimum absolute atomic E-state index is 0.166.